The van der Waals surface area contributed by atoms with Crippen LogP contribution in [0, 0.1) is 0 Å². The van der Waals surface area contributed by atoms with Crippen LogP contribution >= 0.6 is 12.2 Å². The Balaban J connectivity index is 4.08. The van der Waals surface area contributed by atoms with Crippen LogP contribution in [0.1, 0.15) is 0 Å². The summed E-state index contributed by atoms with van der Waals surface area (Å²) in [5.74, 6) is 0. The van der Waals surface area contributed by atoms with Gasteiger partial charge in [-0.25, -0.2) is 4.39 Å². The highest BCUT2D eigenvalue weighted by Crippen LogP contribution is 2.02. The van der Waals surface area contributed by atoms with Crippen molar-refractivity contribution in [3.8, 4) is 0 Å². The first-order valence-electron chi connectivity index (χ1n) is 3.28. The van der Waals surface area contributed by atoms with Crippen LogP contribution in [0.4, 0.5) is 4.39 Å². The third-order valence-electron chi connectivity index (χ3n) is 1.37. The Morgan fingerprint density at radius 2 is 1.83 bits per heavy atom. The molecule has 4 nitrogen and oxygen atoms in total. The Morgan fingerprint density at radius 3 is 2.17 bits per heavy atom. The van der Waals surface area contributed by atoms with Crippen molar-refractivity contribution >= 4 is 17.1 Å². The largest absolute Gasteiger partial charge is 0.394 e. The maximum Gasteiger partial charge on any atom is 0.123 e. The van der Waals surface area contributed by atoms with Gasteiger partial charge < -0.3 is 20.4 Å². The second-order valence-electron chi connectivity index (χ2n) is 2.29. The lowest BCUT2D eigenvalue weighted by molar-refractivity contribution is -0.0553. The Labute approximate surface area is 74.3 Å². The van der Waals surface area contributed by atoms with Gasteiger partial charge in [0.25, 0.3) is 0 Å². The molecule has 0 unspecified atom stereocenters. The standard InChI is InChI=1S/C6H11FO4S/c7-1-4(12)6(11)5(10)3(9)2-8/h3,5-6,8-11H,1-2H2/t3-,5-,6+/m1/s1. The molecule has 0 aromatic carbocycles. The highest BCUT2D eigenvalue weighted by atomic mass is 32.1. The van der Waals surface area contributed by atoms with Crippen LogP contribution in [0.3, 0.4) is 0 Å². The Morgan fingerprint density at radius 1 is 1.33 bits per heavy atom. The van der Waals surface area contributed by atoms with E-state index < -0.39 is 36.5 Å². The number of thiocarbonyl (C=S) groups is 1. The van der Waals surface area contributed by atoms with E-state index in [1.807, 2.05) is 0 Å². The fourth-order valence-electron chi connectivity index (χ4n) is 0.588. The summed E-state index contributed by atoms with van der Waals surface area (Å²) in [6.07, 6.45) is -4.77. The minimum atomic E-state index is -1.64. The van der Waals surface area contributed by atoms with Crippen LogP contribution in [-0.4, -0.2) is 56.9 Å². The molecule has 0 bridgehead atoms. The zero-order chi connectivity index (χ0) is 9.72. The van der Waals surface area contributed by atoms with Crippen molar-refractivity contribution in [3.05, 3.63) is 0 Å². The van der Waals surface area contributed by atoms with E-state index in [0.29, 0.717) is 0 Å². The lowest BCUT2D eigenvalue weighted by Gasteiger charge is -2.20. The van der Waals surface area contributed by atoms with E-state index in [-0.39, 0.29) is 0 Å². The predicted molar refractivity (Wildman–Crippen MR) is 43.7 cm³/mol. The van der Waals surface area contributed by atoms with E-state index in [4.69, 9.17) is 20.4 Å². The number of aliphatic hydroxyl groups excluding tert-OH is 4. The van der Waals surface area contributed by atoms with Gasteiger partial charge in [-0.3, -0.25) is 0 Å². The Bertz CT molecular complexity index is 154. The topological polar surface area (TPSA) is 80.9 Å². The smallest absolute Gasteiger partial charge is 0.123 e. The van der Waals surface area contributed by atoms with Gasteiger partial charge in [-0.1, -0.05) is 12.2 Å². The number of halogens is 1. The van der Waals surface area contributed by atoms with E-state index in [0.717, 1.165) is 0 Å². The van der Waals surface area contributed by atoms with Crippen LogP contribution in [0.5, 0.6) is 0 Å². The molecular weight excluding hydrogens is 187 g/mol. The zero-order valence-electron chi connectivity index (χ0n) is 6.22. The molecule has 4 N–H and O–H groups in total. The van der Waals surface area contributed by atoms with Gasteiger partial charge in [0.15, 0.2) is 0 Å². The zero-order valence-corrected chi connectivity index (χ0v) is 7.04. The fraction of sp³-hybridized carbons (Fsp3) is 0.833. The summed E-state index contributed by atoms with van der Waals surface area (Å²) < 4.78 is 11.8. The molecule has 0 heterocycles. The van der Waals surface area contributed by atoms with E-state index in [1.165, 1.54) is 0 Å². The average molecular weight is 198 g/mol. The minimum absolute atomic E-state index is 0.394. The molecule has 0 spiro atoms. The van der Waals surface area contributed by atoms with Crippen molar-refractivity contribution in [1.82, 2.24) is 0 Å². The molecule has 72 valence electrons. The van der Waals surface area contributed by atoms with Gasteiger partial charge in [0.1, 0.15) is 25.0 Å². The molecule has 0 aliphatic carbocycles. The van der Waals surface area contributed by atoms with Gasteiger partial charge >= 0.3 is 0 Å². The van der Waals surface area contributed by atoms with Crippen molar-refractivity contribution < 1.29 is 24.8 Å². The number of aliphatic hydroxyl groups is 4. The molecule has 3 atom stereocenters. The summed E-state index contributed by atoms with van der Waals surface area (Å²) in [6.45, 7) is -1.77. The molecule has 0 rings (SSSR count). The third kappa shape index (κ3) is 3.08. The second kappa shape index (κ2) is 5.50. The van der Waals surface area contributed by atoms with Crippen molar-refractivity contribution in [2.75, 3.05) is 13.3 Å². The third-order valence-corrected chi connectivity index (χ3v) is 1.72. The van der Waals surface area contributed by atoms with Crippen molar-refractivity contribution in [2.45, 2.75) is 18.3 Å². The van der Waals surface area contributed by atoms with Crippen molar-refractivity contribution in [3.63, 3.8) is 0 Å². The summed E-state index contributed by atoms with van der Waals surface area (Å²) >= 11 is 4.34. The molecular formula is C6H11FO4S. The predicted octanol–water partition coefficient (Wildman–Crippen LogP) is -1.60. The SMILES string of the molecule is OC[C@@H](O)[C@@H](O)[C@@H](O)C(=S)CF. The number of hydrogen-bond donors (Lipinski definition) is 4. The number of hydrogen-bond acceptors (Lipinski definition) is 5. The lowest BCUT2D eigenvalue weighted by atomic mass is 10.1. The quantitative estimate of drug-likeness (QED) is 0.400. The van der Waals surface area contributed by atoms with Gasteiger partial charge in [0, 0.05) is 0 Å². The maximum atomic E-state index is 11.8. The average Bonchev–Trinajstić information content (AvgIpc) is 2.12. The van der Waals surface area contributed by atoms with Crippen LogP contribution in [0.15, 0.2) is 0 Å². The van der Waals surface area contributed by atoms with Crippen LogP contribution in [0.25, 0.3) is 0 Å². The molecule has 0 aromatic heterocycles. The fourth-order valence-corrected chi connectivity index (χ4v) is 0.727. The Kier molecular flexibility index (Phi) is 5.43. The second-order valence-corrected chi connectivity index (χ2v) is 2.81. The van der Waals surface area contributed by atoms with Gasteiger partial charge in [0.05, 0.1) is 11.5 Å². The Hall–Kier alpha value is -0.140. The van der Waals surface area contributed by atoms with E-state index >= 15 is 0 Å². The summed E-state index contributed by atoms with van der Waals surface area (Å²) in [6, 6.07) is 0. The minimum Gasteiger partial charge on any atom is -0.394 e. The summed E-state index contributed by atoms with van der Waals surface area (Å²) in [7, 11) is 0. The van der Waals surface area contributed by atoms with Crippen LogP contribution in [0.2, 0.25) is 0 Å². The molecule has 0 saturated heterocycles. The highest BCUT2D eigenvalue weighted by Gasteiger charge is 2.26. The first-order valence-corrected chi connectivity index (χ1v) is 3.69. The lowest BCUT2D eigenvalue weighted by Crippen LogP contribution is -2.43. The summed E-state index contributed by atoms with van der Waals surface area (Å²) in [5, 5.41) is 35.1. The molecule has 6 heteroatoms. The maximum absolute atomic E-state index is 11.8. The van der Waals surface area contributed by atoms with Crippen LogP contribution in [-0.2, 0) is 0 Å². The van der Waals surface area contributed by atoms with Gasteiger partial charge in [-0.05, 0) is 0 Å². The number of rotatable bonds is 5. The van der Waals surface area contributed by atoms with E-state index in [1.54, 1.807) is 0 Å². The first-order chi connectivity index (χ1) is 5.54. The van der Waals surface area contributed by atoms with Crippen molar-refractivity contribution in [1.29, 1.82) is 0 Å². The molecule has 0 aliphatic rings. The molecule has 0 aliphatic heterocycles. The van der Waals surface area contributed by atoms with E-state index in [2.05, 4.69) is 12.2 Å². The summed E-state index contributed by atoms with van der Waals surface area (Å²) in [5.41, 5.74) is 0. The molecule has 0 radical (unpaired) electrons. The normalized spacial score (nSPS) is 18.4. The number of alkyl halides is 1. The van der Waals surface area contributed by atoms with Crippen LogP contribution < -0.4 is 0 Å². The highest BCUT2D eigenvalue weighted by molar-refractivity contribution is 7.80. The first kappa shape index (κ1) is 11.9. The molecule has 0 fully saturated rings. The molecule has 12 heavy (non-hydrogen) atoms. The molecule has 0 amide bonds. The van der Waals surface area contributed by atoms with E-state index in [9.17, 15) is 4.39 Å². The van der Waals surface area contributed by atoms with Gasteiger partial charge in [-0.2, -0.15) is 0 Å². The van der Waals surface area contributed by atoms with Gasteiger partial charge in [-0.15, -0.1) is 0 Å². The molecule has 0 aromatic rings. The molecule has 0 saturated carbocycles. The summed E-state index contributed by atoms with van der Waals surface area (Å²) in [4.78, 5) is -0.394. The monoisotopic (exact) mass is 198 g/mol. The van der Waals surface area contributed by atoms with Gasteiger partial charge in [0.2, 0.25) is 0 Å². The van der Waals surface area contributed by atoms with Crippen molar-refractivity contribution in [2.24, 2.45) is 0 Å².